The van der Waals surface area contributed by atoms with Gasteiger partial charge in [-0.05, 0) is 56.2 Å². The van der Waals surface area contributed by atoms with Crippen LogP contribution in [0.4, 0.5) is 11.4 Å². The Morgan fingerprint density at radius 3 is 2.43 bits per heavy atom. The maximum atomic E-state index is 12.0. The van der Waals surface area contributed by atoms with Gasteiger partial charge in [0.2, 0.25) is 5.91 Å². The van der Waals surface area contributed by atoms with E-state index in [1.165, 1.54) is 18.1 Å². The molecule has 2 rings (SSSR count). The van der Waals surface area contributed by atoms with Crippen molar-refractivity contribution in [3.05, 3.63) is 59.2 Å². The molecule has 0 heterocycles. The molecule has 0 saturated carbocycles. The largest absolute Gasteiger partial charge is 0.385 e. The number of hydrogen-bond acceptors (Lipinski definition) is 3. The van der Waals surface area contributed by atoms with Crippen molar-refractivity contribution >= 4 is 23.1 Å². The number of benzene rings is 2. The van der Waals surface area contributed by atoms with Crippen LogP contribution >= 0.6 is 0 Å². The van der Waals surface area contributed by atoms with Gasteiger partial charge in [-0.15, -0.1) is 0 Å². The molecule has 0 fully saturated rings. The Morgan fingerprint density at radius 1 is 0.957 bits per heavy atom. The molecule has 0 aromatic heterocycles. The summed E-state index contributed by atoms with van der Waals surface area (Å²) in [5.41, 5.74) is 4.73. The highest BCUT2D eigenvalue weighted by Crippen LogP contribution is 2.14. The topological polar surface area (TPSA) is 58.2 Å². The lowest BCUT2D eigenvalue weighted by atomic mass is 10.1. The molecule has 4 heteroatoms. The fourth-order valence-corrected chi connectivity index (χ4v) is 2.21. The molecule has 0 unspecified atom stereocenters. The van der Waals surface area contributed by atoms with Gasteiger partial charge in [-0.1, -0.05) is 18.2 Å². The van der Waals surface area contributed by atoms with Gasteiger partial charge in [0.25, 0.3) is 0 Å². The standard InChI is InChI=1S/C19H22N2O2/c1-13-7-8-17(11-14(13)2)20-10-9-19(23)21-18-6-4-5-16(12-18)15(3)22/h4-8,11-12,20H,9-10H2,1-3H3,(H,21,23). The Bertz CT molecular complexity index is 723. The van der Waals surface area contributed by atoms with E-state index in [0.29, 0.717) is 24.2 Å². The predicted molar refractivity (Wildman–Crippen MR) is 94.1 cm³/mol. The Labute approximate surface area is 136 Å². The number of anilines is 2. The van der Waals surface area contributed by atoms with E-state index in [-0.39, 0.29) is 11.7 Å². The van der Waals surface area contributed by atoms with E-state index in [1.807, 2.05) is 6.07 Å². The van der Waals surface area contributed by atoms with Crippen LogP contribution in [0.5, 0.6) is 0 Å². The van der Waals surface area contributed by atoms with Gasteiger partial charge in [-0.25, -0.2) is 0 Å². The molecule has 1 amide bonds. The van der Waals surface area contributed by atoms with Crippen LogP contribution in [-0.4, -0.2) is 18.2 Å². The number of aryl methyl sites for hydroxylation is 2. The lowest BCUT2D eigenvalue weighted by Crippen LogP contribution is -2.16. The van der Waals surface area contributed by atoms with Crippen LogP contribution in [0.25, 0.3) is 0 Å². The van der Waals surface area contributed by atoms with E-state index < -0.39 is 0 Å². The second kappa shape index (κ2) is 7.58. The van der Waals surface area contributed by atoms with Crippen LogP contribution in [0.15, 0.2) is 42.5 Å². The highest BCUT2D eigenvalue weighted by Gasteiger charge is 2.05. The fourth-order valence-electron chi connectivity index (χ4n) is 2.21. The van der Waals surface area contributed by atoms with Crippen molar-refractivity contribution in [1.29, 1.82) is 0 Å². The lowest BCUT2D eigenvalue weighted by Gasteiger charge is -2.09. The SMILES string of the molecule is CC(=O)c1cccc(NC(=O)CCNc2ccc(C)c(C)c2)c1. The zero-order valence-electron chi connectivity index (χ0n) is 13.8. The van der Waals surface area contributed by atoms with E-state index in [1.54, 1.807) is 24.3 Å². The number of hydrogen-bond donors (Lipinski definition) is 2. The van der Waals surface area contributed by atoms with E-state index in [0.717, 1.165) is 5.69 Å². The summed E-state index contributed by atoms with van der Waals surface area (Å²) in [6.07, 6.45) is 0.358. The summed E-state index contributed by atoms with van der Waals surface area (Å²) in [5.74, 6) is -0.0976. The van der Waals surface area contributed by atoms with Crippen LogP contribution in [-0.2, 0) is 4.79 Å². The molecule has 0 radical (unpaired) electrons. The minimum atomic E-state index is -0.0814. The summed E-state index contributed by atoms with van der Waals surface area (Å²) in [7, 11) is 0. The van der Waals surface area contributed by atoms with Gasteiger partial charge in [-0.3, -0.25) is 9.59 Å². The molecule has 2 aromatic rings. The number of nitrogens with one attached hydrogen (secondary N) is 2. The summed E-state index contributed by atoms with van der Waals surface area (Å²) >= 11 is 0. The summed E-state index contributed by atoms with van der Waals surface area (Å²) < 4.78 is 0. The van der Waals surface area contributed by atoms with Crippen molar-refractivity contribution in [2.24, 2.45) is 0 Å². The molecule has 0 saturated heterocycles. The van der Waals surface area contributed by atoms with Gasteiger partial charge in [0.15, 0.2) is 5.78 Å². The van der Waals surface area contributed by atoms with Crippen LogP contribution in [0.1, 0.15) is 34.8 Å². The predicted octanol–water partition coefficient (Wildman–Crippen LogP) is 3.95. The first-order valence-corrected chi connectivity index (χ1v) is 7.67. The van der Waals surface area contributed by atoms with Crippen molar-refractivity contribution < 1.29 is 9.59 Å². The summed E-state index contributed by atoms with van der Waals surface area (Å²) in [6.45, 7) is 6.20. The lowest BCUT2D eigenvalue weighted by molar-refractivity contribution is -0.115. The first-order valence-electron chi connectivity index (χ1n) is 7.67. The quantitative estimate of drug-likeness (QED) is 0.794. The zero-order chi connectivity index (χ0) is 16.8. The molecular weight excluding hydrogens is 288 g/mol. The molecule has 0 spiro atoms. The highest BCUT2D eigenvalue weighted by atomic mass is 16.1. The maximum Gasteiger partial charge on any atom is 0.226 e. The van der Waals surface area contributed by atoms with E-state index in [9.17, 15) is 9.59 Å². The number of ketones is 1. The van der Waals surface area contributed by atoms with Crippen LogP contribution in [0.2, 0.25) is 0 Å². The summed E-state index contributed by atoms with van der Waals surface area (Å²) in [4.78, 5) is 23.3. The van der Waals surface area contributed by atoms with Gasteiger partial charge in [0.1, 0.15) is 0 Å². The van der Waals surface area contributed by atoms with E-state index in [4.69, 9.17) is 0 Å². The highest BCUT2D eigenvalue weighted by molar-refractivity contribution is 5.97. The molecule has 0 bridgehead atoms. The van der Waals surface area contributed by atoms with Crippen LogP contribution < -0.4 is 10.6 Å². The first-order chi connectivity index (χ1) is 11.0. The monoisotopic (exact) mass is 310 g/mol. The average molecular weight is 310 g/mol. The number of amides is 1. The third-order valence-electron chi connectivity index (χ3n) is 3.74. The Hall–Kier alpha value is -2.62. The summed E-state index contributed by atoms with van der Waals surface area (Å²) in [6, 6.07) is 13.1. The molecule has 2 aromatic carbocycles. The van der Waals surface area contributed by atoms with Gasteiger partial charge in [0, 0.05) is 29.9 Å². The van der Waals surface area contributed by atoms with Crippen molar-refractivity contribution in [1.82, 2.24) is 0 Å². The Morgan fingerprint density at radius 2 is 1.74 bits per heavy atom. The molecule has 0 aliphatic carbocycles. The molecule has 0 atom stereocenters. The van der Waals surface area contributed by atoms with Gasteiger partial charge >= 0.3 is 0 Å². The second-order valence-corrected chi connectivity index (χ2v) is 5.66. The first kappa shape index (κ1) is 16.7. The molecule has 120 valence electrons. The van der Waals surface area contributed by atoms with Crippen LogP contribution in [0, 0.1) is 13.8 Å². The van der Waals surface area contributed by atoms with Gasteiger partial charge in [-0.2, -0.15) is 0 Å². The third kappa shape index (κ3) is 4.95. The molecule has 2 N–H and O–H groups in total. The average Bonchev–Trinajstić information content (AvgIpc) is 2.51. The minimum Gasteiger partial charge on any atom is -0.385 e. The van der Waals surface area contributed by atoms with Crippen molar-refractivity contribution in [2.75, 3.05) is 17.2 Å². The second-order valence-electron chi connectivity index (χ2n) is 5.66. The zero-order valence-corrected chi connectivity index (χ0v) is 13.8. The van der Waals surface area contributed by atoms with Crippen LogP contribution in [0.3, 0.4) is 0 Å². The number of carbonyl (C=O) groups is 2. The van der Waals surface area contributed by atoms with Gasteiger partial charge < -0.3 is 10.6 Å². The normalized spacial score (nSPS) is 10.2. The number of Topliss-reactive ketones (excluding diaryl/α,β-unsaturated/α-hetero) is 1. The smallest absolute Gasteiger partial charge is 0.226 e. The van der Waals surface area contributed by atoms with Gasteiger partial charge in [0.05, 0.1) is 0 Å². The minimum absolute atomic E-state index is 0.0162. The maximum absolute atomic E-state index is 12.0. The Kier molecular flexibility index (Phi) is 5.52. The van der Waals surface area contributed by atoms with Crippen molar-refractivity contribution in [3.63, 3.8) is 0 Å². The van der Waals surface area contributed by atoms with E-state index >= 15 is 0 Å². The number of rotatable bonds is 6. The molecule has 0 aliphatic heterocycles. The van der Waals surface area contributed by atoms with Crippen molar-refractivity contribution in [2.45, 2.75) is 27.2 Å². The van der Waals surface area contributed by atoms with E-state index in [2.05, 4.69) is 36.6 Å². The fraction of sp³-hybridized carbons (Fsp3) is 0.263. The molecular formula is C19H22N2O2. The van der Waals surface area contributed by atoms with Crippen molar-refractivity contribution in [3.8, 4) is 0 Å². The Balaban J connectivity index is 1.84. The molecule has 0 aliphatic rings. The molecule has 4 nitrogen and oxygen atoms in total. The third-order valence-corrected chi connectivity index (χ3v) is 3.74. The molecule has 23 heavy (non-hydrogen) atoms. The summed E-state index contributed by atoms with van der Waals surface area (Å²) in [5, 5.41) is 6.06. The number of carbonyl (C=O) groups excluding carboxylic acids is 2.